The van der Waals surface area contributed by atoms with Crippen molar-refractivity contribution in [2.24, 2.45) is 5.41 Å². The van der Waals surface area contributed by atoms with E-state index in [9.17, 15) is 0 Å². The summed E-state index contributed by atoms with van der Waals surface area (Å²) in [5.41, 5.74) is -0.117. The van der Waals surface area contributed by atoms with Crippen LogP contribution in [0.2, 0.25) is 18.1 Å². The Morgan fingerprint density at radius 3 is 2.07 bits per heavy atom. The molecule has 1 aliphatic rings. The Kier molecular flexibility index (Phi) is 6.97. The summed E-state index contributed by atoms with van der Waals surface area (Å²) in [5, 5.41) is 0. The number of benzene rings is 1. The van der Waals surface area contributed by atoms with Crippen molar-refractivity contribution in [1.82, 2.24) is 0 Å². The van der Waals surface area contributed by atoms with E-state index < -0.39 is 19.5 Å². The van der Waals surface area contributed by atoms with Gasteiger partial charge in [-0.05, 0) is 50.9 Å². The minimum Gasteiger partial charge on any atom is -0.286 e. The average Bonchev–Trinajstić information content (AvgIpc) is 2.66. The molecular formula is C22H38O4Si. The fraction of sp³-hybridized carbons (Fsp3) is 0.727. The van der Waals surface area contributed by atoms with Gasteiger partial charge in [-0.15, -0.1) is 0 Å². The zero-order valence-electron chi connectivity index (χ0n) is 18.4. The first-order chi connectivity index (χ1) is 12.6. The van der Waals surface area contributed by atoms with Crippen molar-refractivity contribution in [3.63, 3.8) is 0 Å². The lowest BCUT2D eigenvalue weighted by Gasteiger charge is -2.51. The lowest BCUT2D eigenvalue weighted by atomic mass is 9.67. The SMILES string of the molecule is CC[Si](CC)(CC)OOC(C)(C)C1CC(C)(C)[C@](C)(c2ccccc2)OO1. The van der Waals surface area contributed by atoms with Crippen LogP contribution in [0.25, 0.3) is 0 Å². The summed E-state index contributed by atoms with van der Waals surface area (Å²) >= 11 is 0. The third-order valence-electron chi connectivity index (χ3n) is 6.78. The van der Waals surface area contributed by atoms with E-state index in [4.69, 9.17) is 19.2 Å². The van der Waals surface area contributed by atoms with Crippen LogP contribution >= 0.6 is 0 Å². The van der Waals surface area contributed by atoms with Crippen LogP contribution in [0.5, 0.6) is 0 Å². The average molecular weight is 395 g/mol. The van der Waals surface area contributed by atoms with Crippen molar-refractivity contribution in [1.29, 1.82) is 0 Å². The second-order valence-electron chi connectivity index (χ2n) is 9.17. The maximum Gasteiger partial charge on any atom is 0.238 e. The van der Waals surface area contributed by atoms with Crippen LogP contribution < -0.4 is 0 Å². The molecule has 154 valence electrons. The first kappa shape index (κ1) is 22.6. The van der Waals surface area contributed by atoms with Gasteiger partial charge in [0.1, 0.15) is 17.3 Å². The van der Waals surface area contributed by atoms with Crippen molar-refractivity contribution in [2.75, 3.05) is 0 Å². The Balaban J connectivity index is 2.13. The Labute approximate surface area is 166 Å². The van der Waals surface area contributed by atoms with Crippen molar-refractivity contribution in [3.8, 4) is 0 Å². The molecule has 1 fully saturated rings. The van der Waals surface area contributed by atoms with E-state index in [2.05, 4.69) is 53.7 Å². The quantitative estimate of drug-likeness (QED) is 0.291. The lowest BCUT2D eigenvalue weighted by Crippen LogP contribution is -2.55. The molecule has 1 heterocycles. The molecule has 0 saturated carbocycles. The molecule has 2 rings (SSSR count). The fourth-order valence-corrected chi connectivity index (χ4v) is 5.94. The predicted octanol–water partition coefficient (Wildman–Crippen LogP) is 6.38. The van der Waals surface area contributed by atoms with E-state index in [1.54, 1.807) is 0 Å². The highest BCUT2D eigenvalue weighted by atomic mass is 28.4. The van der Waals surface area contributed by atoms with Crippen molar-refractivity contribution in [2.45, 2.75) is 97.2 Å². The Hall–Kier alpha value is -0.723. The second-order valence-corrected chi connectivity index (χ2v) is 13.8. The number of hydrogen-bond donors (Lipinski definition) is 0. The summed E-state index contributed by atoms with van der Waals surface area (Å²) in [5.74, 6) is 0. The molecule has 1 saturated heterocycles. The molecule has 5 heteroatoms. The molecule has 1 aromatic rings. The van der Waals surface area contributed by atoms with E-state index in [1.807, 2.05) is 32.0 Å². The number of hydrogen-bond acceptors (Lipinski definition) is 4. The lowest BCUT2D eigenvalue weighted by molar-refractivity contribution is -0.470. The Morgan fingerprint density at radius 2 is 1.59 bits per heavy atom. The first-order valence-electron chi connectivity index (χ1n) is 10.3. The monoisotopic (exact) mass is 394 g/mol. The maximum absolute atomic E-state index is 6.10. The summed E-state index contributed by atoms with van der Waals surface area (Å²) in [7, 11) is -1.83. The van der Waals surface area contributed by atoms with Gasteiger partial charge in [-0.25, -0.2) is 14.7 Å². The summed E-state index contributed by atoms with van der Waals surface area (Å²) in [6.07, 6.45) is 0.606. The molecule has 2 atom stereocenters. The molecule has 0 amide bonds. The molecule has 0 spiro atoms. The van der Waals surface area contributed by atoms with Gasteiger partial charge in [0.25, 0.3) is 0 Å². The van der Waals surface area contributed by atoms with E-state index in [-0.39, 0.29) is 11.5 Å². The molecule has 27 heavy (non-hydrogen) atoms. The van der Waals surface area contributed by atoms with Crippen LogP contribution in [0.3, 0.4) is 0 Å². The van der Waals surface area contributed by atoms with Gasteiger partial charge < -0.3 is 0 Å². The van der Waals surface area contributed by atoms with E-state index >= 15 is 0 Å². The third kappa shape index (κ3) is 4.48. The van der Waals surface area contributed by atoms with Crippen LogP contribution in [-0.2, 0) is 24.8 Å². The van der Waals surface area contributed by atoms with Gasteiger partial charge in [0, 0.05) is 5.41 Å². The summed E-state index contributed by atoms with van der Waals surface area (Å²) in [6, 6.07) is 13.4. The van der Waals surface area contributed by atoms with Gasteiger partial charge in [-0.2, -0.15) is 0 Å². The molecule has 0 aliphatic carbocycles. The van der Waals surface area contributed by atoms with E-state index in [0.29, 0.717) is 0 Å². The Morgan fingerprint density at radius 1 is 1.04 bits per heavy atom. The van der Waals surface area contributed by atoms with Crippen molar-refractivity contribution >= 4 is 8.32 Å². The Bertz CT molecular complexity index is 589. The minimum atomic E-state index is -1.83. The number of rotatable bonds is 8. The molecule has 0 bridgehead atoms. The first-order valence-corrected chi connectivity index (χ1v) is 12.9. The van der Waals surface area contributed by atoms with E-state index in [1.165, 1.54) is 0 Å². The van der Waals surface area contributed by atoms with Gasteiger partial charge in [-0.1, -0.05) is 65.0 Å². The predicted molar refractivity (Wildman–Crippen MR) is 112 cm³/mol. The summed E-state index contributed by atoms with van der Waals surface area (Å²) in [4.78, 5) is 18.0. The van der Waals surface area contributed by atoms with Crippen molar-refractivity contribution in [3.05, 3.63) is 35.9 Å². The standard InChI is InChI=1S/C22H38O4Si/c1-9-27(10-2,11-3)26-24-21(6,7)19-17-20(4,5)22(8,25-23-19)18-15-13-12-14-16-18/h12-16,19H,9-11,17H2,1-8H3/t19?,22-/m0/s1. The summed E-state index contributed by atoms with van der Waals surface area (Å²) < 4.78 is 6.10. The molecular weight excluding hydrogens is 356 g/mol. The normalized spacial score (nSPS) is 26.1. The van der Waals surface area contributed by atoms with Crippen LogP contribution in [0, 0.1) is 5.41 Å². The molecule has 1 aromatic carbocycles. The van der Waals surface area contributed by atoms with Crippen LogP contribution in [0.4, 0.5) is 0 Å². The highest BCUT2D eigenvalue weighted by Gasteiger charge is 2.54. The van der Waals surface area contributed by atoms with Gasteiger partial charge in [0.05, 0.1) is 0 Å². The molecule has 1 aliphatic heterocycles. The van der Waals surface area contributed by atoms with Gasteiger partial charge >= 0.3 is 0 Å². The molecule has 0 N–H and O–H groups in total. The third-order valence-corrected chi connectivity index (χ3v) is 11.1. The highest BCUT2D eigenvalue weighted by molar-refractivity contribution is 6.73. The highest BCUT2D eigenvalue weighted by Crippen LogP contribution is 2.51. The largest absolute Gasteiger partial charge is 0.286 e. The van der Waals surface area contributed by atoms with Crippen molar-refractivity contribution < 1.29 is 19.2 Å². The smallest absolute Gasteiger partial charge is 0.238 e. The molecule has 0 aromatic heterocycles. The molecule has 0 radical (unpaired) electrons. The van der Waals surface area contributed by atoms with Crippen LogP contribution in [0.1, 0.15) is 67.4 Å². The fourth-order valence-electron chi connectivity index (χ4n) is 3.69. The maximum atomic E-state index is 6.10. The van der Waals surface area contributed by atoms with Gasteiger partial charge in [0.15, 0.2) is 0 Å². The minimum absolute atomic E-state index is 0.132. The van der Waals surface area contributed by atoms with Gasteiger partial charge in [-0.3, -0.25) is 4.58 Å². The second kappa shape index (κ2) is 8.33. The summed E-state index contributed by atoms with van der Waals surface area (Å²) in [6.45, 7) is 17.2. The molecule has 4 nitrogen and oxygen atoms in total. The van der Waals surface area contributed by atoms with Crippen LogP contribution in [-0.4, -0.2) is 20.0 Å². The van der Waals surface area contributed by atoms with Gasteiger partial charge in [0.2, 0.25) is 8.32 Å². The topological polar surface area (TPSA) is 36.9 Å². The molecule has 1 unspecified atom stereocenters. The zero-order chi connectivity index (χ0) is 20.3. The van der Waals surface area contributed by atoms with Crippen LogP contribution in [0.15, 0.2) is 30.3 Å². The van der Waals surface area contributed by atoms with E-state index in [0.717, 1.165) is 30.1 Å². The zero-order valence-corrected chi connectivity index (χ0v) is 19.4.